The zero-order valence-corrected chi connectivity index (χ0v) is 12.2. The first-order valence-corrected chi connectivity index (χ1v) is 6.76. The Morgan fingerprint density at radius 2 is 2.05 bits per heavy atom. The van der Waals surface area contributed by atoms with Gasteiger partial charge in [0.25, 0.3) is 0 Å². The third-order valence-corrected chi connectivity index (χ3v) is 3.04. The van der Waals surface area contributed by atoms with Gasteiger partial charge in [-0.05, 0) is 43.7 Å². The summed E-state index contributed by atoms with van der Waals surface area (Å²) < 4.78 is 11.3. The van der Waals surface area contributed by atoms with Gasteiger partial charge in [0, 0.05) is 11.8 Å². The van der Waals surface area contributed by atoms with Crippen molar-refractivity contribution in [1.29, 1.82) is 5.41 Å². The van der Waals surface area contributed by atoms with Gasteiger partial charge in [-0.3, -0.25) is 10.4 Å². The predicted octanol–water partition coefficient (Wildman–Crippen LogP) is 2.65. The van der Waals surface area contributed by atoms with E-state index < -0.39 is 0 Å². The number of rotatable bonds is 6. The first-order chi connectivity index (χ1) is 10.1. The van der Waals surface area contributed by atoms with Crippen LogP contribution in [-0.4, -0.2) is 17.4 Å². The molecule has 5 nitrogen and oxygen atoms in total. The van der Waals surface area contributed by atoms with Crippen LogP contribution in [0.4, 0.5) is 0 Å². The van der Waals surface area contributed by atoms with Crippen LogP contribution in [0, 0.1) is 12.3 Å². The van der Waals surface area contributed by atoms with E-state index in [1.165, 1.54) is 0 Å². The largest absolute Gasteiger partial charge is 0.490 e. The molecule has 0 atom stereocenters. The van der Waals surface area contributed by atoms with E-state index in [0.29, 0.717) is 30.3 Å². The molecule has 0 aliphatic heterocycles. The molecule has 2 rings (SSSR count). The zero-order valence-electron chi connectivity index (χ0n) is 12.2. The fraction of sp³-hybridized carbons (Fsp3) is 0.250. The second-order valence-corrected chi connectivity index (χ2v) is 4.56. The van der Waals surface area contributed by atoms with Gasteiger partial charge in [-0.1, -0.05) is 6.07 Å². The average molecular weight is 285 g/mol. The van der Waals surface area contributed by atoms with Gasteiger partial charge < -0.3 is 15.2 Å². The number of ether oxygens (including phenoxy) is 2. The summed E-state index contributed by atoms with van der Waals surface area (Å²) in [5.74, 6) is 1.20. The SMILES string of the molecule is CCOc1cc(C(=N)N)ccc1OCc1ncccc1C. The summed E-state index contributed by atoms with van der Waals surface area (Å²) in [6.45, 7) is 4.77. The standard InChI is InChI=1S/C16H19N3O2/c1-3-20-15-9-12(16(17)18)6-7-14(15)21-10-13-11(2)5-4-8-19-13/h4-9H,3,10H2,1-2H3,(H3,17,18). The van der Waals surface area contributed by atoms with E-state index in [-0.39, 0.29) is 5.84 Å². The number of hydrogen-bond acceptors (Lipinski definition) is 4. The molecule has 1 aromatic heterocycles. The lowest BCUT2D eigenvalue weighted by Crippen LogP contribution is -2.11. The van der Waals surface area contributed by atoms with Crippen molar-refractivity contribution >= 4 is 5.84 Å². The Morgan fingerprint density at radius 3 is 2.71 bits per heavy atom. The van der Waals surface area contributed by atoms with E-state index in [1.807, 2.05) is 26.0 Å². The van der Waals surface area contributed by atoms with Gasteiger partial charge in [0.1, 0.15) is 12.4 Å². The molecular weight excluding hydrogens is 266 g/mol. The van der Waals surface area contributed by atoms with Crippen molar-refractivity contribution in [1.82, 2.24) is 4.98 Å². The molecule has 21 heavy (non-hydrogen) atoms. The number of nitrogen functional groups attached to an aromatic ring is 1. The molecule has 0 bridgehead atoms. The highest BCUT2D eigenvalue weighted by atomic mass is 16.5. The van der Waals surface area contributed by atoms with Crippen molar-refractivity contribution in [3.05, 3.63) is 53.3 Å². The van der Waals surface area contributed by atoms with Crippen LogP contribution in [-0.2, 0) is 6.61 Å². The molecule has 0 spiro atoms. The molecule has 0 saturated carbocycles. The Labute approximate surface area is 124 Å². The van der Waals surface area contributed by atoms with Crippen molar-refractivity contribution in [3.8, 4) is 11.5 Å². The Kier molecular flexibility index (Phi) is 4.77. The van der Waals surface area contributed by atoms with Crippen LogP contribution in [0.2, 0.25) is 0 Å². The number of benzene rings is 1. The summed E-state index contributed by atoms with van der Waals surface area (Å²) in [5.41, 5.74) is 8.07. The highest BCUT2D eigenvalue weighted by Gasteiger charge is 2.09. The smallest absolute Gasteiger partial charge is 0.161 e. The minimum atomic E-state index is 0.00285. The second kappa shape index (κ2) is 6.74. The van der Waals surface area contributed by atoms with E-state index in [0.717, 1.165) is 11.3 Å². The van der Waals surface area contributed by atoms with Gasteiger partial charge in [0.05, 0.1) is 12.3 Å². The lowest BCUT2D eigenvalue weighted by atomic mass is 10.2. The van der Waals surface area contributed by atoms with Crippen LogP contribution in [0.1, 0.15) is 23.7 Å². The maximum atomic E-state index is 7.47. The fourth-order valence-electron chi connectivity index (χ4n) is 1.88. The highest BCUT2D eigenvalue weighted by molar-refractivity contribution is 5.95. The Balaban J connectivity index is 2.19. The maximum absolute atomic E-state index is 7.47. The molecule has 0 amide bonds. The van der Waals surface area contributed by atoms with E-state index in [2.05, 4.69) is 4.98 Å². The van der Waals surface area contributed by atoms with Gasteiger partial charge in [-0.25, -0.2) is 0 Å². The second-order valence-electron chi connectivity index (χ2n) is 4.56. The topological polar surface area (TPSA) is 81.2 Å². The summed E-state index contributed by atoms with van der Waals surface area (Å²) in [5, 5.41) is 7.47. The van der Waals surface area contributed by atoms with Gasteiger partial charge >= 0.3 is 0 Å². The minimum Gasteiger partial charge on any atom is -0.490 e. The van der Waals surface area contributed by atoms with E-state index in [1.54, 1.807) is 24.4 Å². The molecule has 2 aromatic rings. The van der Waals surface area contributed by atoms with Gasteiger partial charge in [-0.2, -0.15) is 0 Å². The molecule has 1 aromatic carbocycles. The Hall–Kier alpha value is -2.56. The number of nitrogens with one attached hydrogen (secondary N) is 1. The van der Waals surface area contributed by atoms with Gasteiger partial charge in [0.15, 0.2) is 11.5 Å². The number of aryl methyl sites for hydroxylation is 1. The highest BCUT2D eigenvalue weighted by Crippen LogP contribution is 2.29. The first-order valence-electron chi connectivity index (χ1n) is 6.76. The van der Waals surface area contributed by atoms with E-state index in [4.69, 9.17) is 20.6 Å². The van der Waals surface area contributed by atoms with Crippen LogP contribution in [0.25, 0.3) is 0 Å². The summed E-state index contributed by atoms with van der Waals surface area (Å²) >= 11 is 0. The maximum Gasteiger partial charge on any atom is 0.161 e. The number of nitrogens with two attached hydrogens (primary N) is 1. The molecule has 1 heterocycles. The molecule has 0 unspecified atom stereocenters. The molecule has 0 fully saturated rings. The first kappa shape index (κ1) is 14.8. The molecule has 0 radical (unpaired) electrons. The van der Waals surface area contributed by atoms with Crippen molar-refractivity contribution in [2.24, 2.45) is 5.73 Å². The predicted molar refractivity (Wildman–Crippen MR) is 81.9 cm³/mol. The number of pyridine rings is 1. The lowest BCUT2D eigenvalue weighted by Gasteiger charge is -2.13. The van der Waals surface area contributed by atoms with Crippen molar-refractivity contribution < 1.29 is 9.47 Å². The van der Waals surface area contributed by atoms with Crippen LogP contribution >= 0.6 is 0 Å². The van der Waals surface area contributed by atoms with Crippen LogP contribution in [0.3, 0.4) is 0 Å². The van der Waals surface area contributed by atoms with Crippen LogP contribution < -0.4 is 15.2 Å². The molecule has 3 N–H and O–H groups in total. The third-order valence-electron chi connectivity index (χ3n) is 3.04. The summed E-state index contributed by atoms with van der Waals surface area (Å²) in [6, 6.07) is 9.11. The molecule has 0 saturated heterocycles. The summed E-state index contributed by atoms with van der Waals surface area (Å²) in [7, 11) is 0. The number of aromatic nitrogens is 1. The number of amidine groups is 1. The van der Waals surface area contributed by atoms with Crippen molar-refractivity contribution in [2.45, 2.75) is 20.5 Å². The lowest BCUT2D eigenvalue weighted by molar-refractivity contribution is 0.266. The monoisotopic (exact) mass is 285 g/mol. The molecule has 5 heteroatoms. The van der Waals surface area contributed by atoms with E-state index in [9.17, 15) is 0 Å². The van der Waals surface area contributed by atoms with E-state index >= 15 is 0 Å². The quantitative estimate of drug-likeness (QED) is 0.631. The Morgan fingerprint density at radius 1 is 1.24 bits per heavy atom. The molecular formula is C16H19N3O2. The Bertz CT molecular complexity index is 641. The van der Waals surface area contributed by atoms with Crippen LogP contribution in [0.5, 0.6) is 11.5 Å². The van der Waals surface area contributed by atoms with Crippen LogP contribution in [0.15, 0.2) is 36.5 Å². The number of hydrogen-bond donors (Lipinski definition) is 2. The average Bonchev–Trinajstić information content (AvgIpc) is 2.47. The third kappa shape index (κ3) is 3.72. The van der Waals surface area contributed by atoms with Gasteiger partial charge in [-0.15, -0.1) is 0 Å². The summed E-state index contributed by atoms with van der Waals surface area (Å²) in [6.07, 6.45) is 1.74. The molecule has 0 aliphatic rings. The summed E-state index contributed by atoms with van der Waals surface area (Å²) in [4.78, 5) is 4.29. The zero-order chi connectivity index (χ0) is 15.2. The van der Waals surface area contributed by atoms with Gasteiger partial charge in [0.2, 0.25) is 0 Å². The fourth-order valence-corrected chi connectivity index (χ4v) is 1.88. The number of nitrogens with zero attached hydrogens (tertiary/aromatic N) is 1. The van der Waals surface area contributed by atoms with Crippen molar-refractivity contribution in [3.63, 3.8) is 0 Å². The molecule has 110 valence electrons. The normalized spacial score (nSPS) is 10.2. The molecule has 0 aliphatic carbocycles. The minimum absolute atomic E-state index is 0.00285. The van der Waals surface area contributed by atoms with Crippen molar-refractivity contribution in [2.75, 3.05) is 6.61 Å².